The van der Waals surface area contributed by atoms with Crippen molar-refractivity contribution in [2.24, 2.45) is 7.05 Å². The topological polar surface area (TPSA) is 170 Å². The zero-order valence-corrected chi connectivity index (χ0v) is 16.3. The zero-order valence-electron chi connectivity index (χ0n) is 16.3. The molecule has 0 aliphatic carbocycles. The SMILES string of the molecule is Cn1nnn(-c2cc(Nc3ncc(C#N)c(N)n3)c(F)cc2OCC(C)(C)O)c1=O. The number of tetrazole rings is 1. The molecule has 12 nitrogen and oxygen atoms in total. The molecule has 0 bridgehead atoms. The average Bonchev–Trinajstić information content (AvgIpc) is 3.00. The van der Waals surface area contributed by atoms with E-state index in [1.807, 2.05) is 6.07 Å². The van der Waals surface area contributed by atoms with Crippen LogP contribution in [0.4, 0.5) is 21.8 Å². The molecule has 3 aromatic rings. The van der Waals surface area contributed by atoms with E-state index in [1.54, 1.807) is 0 Å². The molecule has 0 spiro atoms. The number of anilines is 3. The summed E-state index contributed by atoms with van der Waals surface area (Å²) in [6, 6.07) is 4.10. The number of ether oxygens (including phenoxy) is 1. The summed E-state index contributed by atoms with van der Waals surface area (Å²) >= 11 is 0. The minimum atomic E-state index is -1.20. The Morgan fingerprint density at radius 2 is 2.13 bits per heavy atom. The maximum Gasteiger partial charge on any atom is 0.368 e. The van der Waals surface area contributed by atoms with E-state index in [0.29, 0.717) is 0 Å². The van der Waals surface area contributed by atoms with Gasteiger partial charge in [0.15, 0.2) is 5.82 Å². The van der Waals surface area contributed by atoms with E-state index in [2.05, 4.69) is 25.7 Å². The van der Waals surface area contributed by atoms with Gasteiger partial charge in [-0.2, -0.15) is 19.6 Å². The smallest absolute Gasteiger partial charge is 0.368 e. The van der Waals surface area contributed by atoms with Crippen molar-refractivity contribution in [3.05, 3.63) is 40.2 Å². The fourth-order valence-electron chi connectivity index (χ4n) is 2.30. The second-order valence-corrected chi connectivity index (χ2v) is 6.93. The third kappa shape index (κ3) is 4.33. The first-order valence-electron chi connectivity index (χ1n) is 8.57. The molecular formula is C17H18FN9O3. The number of nitrogens with one attached hydrogen (secondary N) is 1. The van der Waals surface area contributed by atoms with Crippen LogP contribution in [0.5, 0.6) is 5.75 Å². The van der Waals surface area contributed by atoms with Gasteiger partial charge in [0.2, 0.25) is 5.95 Å². The van der Waals surface area contributed by atoms with Crippen LogP contribution in [0.2, 0.25) is 0 Å². The maximum absolute atomic E-state index is 14.7. The molecule has 0 amide bonds. The molecule has 1 aromatic carbocycles. The molecule has 2 heterocycles. The van der Waals surface area contributed by atoms with Crippen LogP contribution in [0.25, 0.3) is 5.69 Å². The molecule has 0 atom stereocenters. The average molecular weight is 415 g/mol. The number of hydrogen-bond acceptors (Lipinski definition) is 10. The number of nitriles is 1. The number of rotatable bonds is 6. The molecule has 2 aromatic heterocycles. The monoisotopic (exact) mass is 415 g/mol. The minimum Gasteiger partial charge on any atom is -0.488 e. The summed E-state index contributed by atoms with van der Waals surface area (Å²) in [5, 5.41) is 28.8. The van der Waals surface area contributed by atoms with Gasteiger partial charge in [0, 0.05) is 13.1 Å². The summed E-state index contributed by atoms with van der Waals surface area (Å²) in [6.45, 7) is 2.86. The molecule has 4 N–H and O–H groups in total. The van der Waals surface area contributed by atoms with E-state index in [4.69, 9.17) is 15.7 Å². The lowest BCUT2D eigenvalue weighted by Crippen LogP contribution is -2.29. The summed E-state index contributed by atoms with van der Waals surface area (Å²) in [5.41, 5.74) is 3.89. The number of nitrogen functional groups attached to an aromatic ring is 1. The van der Waals surface area contributed by atoms with Crippen molar-refractivity contribution < 1.29 is 14.2 Å². The van der Waals surface area contributed by atoms with E-state index in [0.717, 1.165) is 15.4 Å². The number of benzene rings is 1. The molecule has 0 aliphatic rings. The van der Waals surface area contributed by atoms with Crippen LogP contribution in [-0.4, -0.2) is 47.1 Å². The van der Waals surface area contributed by atoms with Crippen LogP contribution in [0.15, 0.2) is 23.1 Å². The van der Waals surface area contributed by atoms with Crippen LogP contribution >= 0.6 is 0 Å². The molecule has 0 unspecified atom stereocenters. The summed E-state index contributed by atoms with van der Waals surface area (Å²) in [5.74, 6) is -0.935. The van der Waals surface area contributed by atoms with Crippen molar-refractivity contribution >= 4 is 17.5 Å². The fraction of sp³-hybridized carbons (Fsp3) is 0.294. The quantitative estimate of drug-likeness (QED) is 0.507. The van der Waals surface area contributed by atoms with Crippen molar-refractivity contribution in [3.8, 4) is 17.5 Å². The highest BCUT2D eigenvalue weighted by Gasteiger charge is 2.20. The third-order valence-corrected chi connectivity index (χ3v) is 3.76. The molecule has 13 heteroatoms. The molecule has 0 aliphatic heterocycles. The number of nitrogens with zero attached hydrogens (tertiary/aromatic N) is 7. The first kappa shape index (κ1) is 20.7. The van der Waals surface area contributed by atoms with Gasteiger partial charge in [0.1, 0.15) is 35.5 Å². The normalized spacial score (nSPS) is 11.2. The Bertz CT molecular complexity index is 1190. The van der Waals surface area contributed by atoms with Gasteiger partial charge in [-0.15, -0.1) is 0 Å². The van der Waals surface area contributed by atoms with E-state index >= 15 is 0 Å². The zero-order chi connectivity index (χ0) is 22.1. The van der Waals surface area contributed by atoms with E-state index < -0.39 is 17.1 Å². The second kappa shape index (κ2) is 7.76. The minimum absolute atomic E-state index is 0.0389. The van der Waals surface area contributed by atoms with Crippen LogP contribution in [0, 0.1) is 17.1 Å². The van der Waals surface area contributed by atoms with Crippen LogP contribution in [-0.2, 0) is 7.05 Å². The van der Waals surface area contributed by atoms with Crippen molar-refractivity contribution in [2.45, 2.75) is 19.4 Å². The second-order valence-electron chi connectivity index (χ2n) is 6.93. The van der Waals surface area contributed by atoms with Crippen LogP contribution < -0.4 is 21.5 Å². The Kier molecular flexibility index (Phi) is 5.35. The highest BCUT2D eigenvalue weighted by molar-refractivity contribution is 5.64. The third-order valence-electron chi connectivity index (χ3n) is 3.76. The number of nitrogens with two attached hydrogens (primary N) is 1. The Hall–Kier alpha value is -4.05. The summed E-state index contributed by atoms with van der Waals surface area (Å²) in [6.07, 6.45) is 1.19. The Labute approximate surface area is 169 Å². The Morgan fingerprint density at radius 3 is 2.70 bits per heavy atom. The molecule has 0 fully saturated rings. The molecule has 0 saturated carbocycles. The van der Waals surface area contributed by atoms with Gasteiger partial charge in [-0.1, -0.05) is 0 Å². The van der Waals surface area contributed by atoms with Crippen LogP contribution in [0.3, 0.4) is 0 Å². The fourth-order valence-corrected chi connectivity index (χ4v) is 2.30. The Balaban J connectivity index is 2.06. The van der Waals surface area contributed by atoms with Gasteiger partial charge in [-0.05, 0) is 30.3 Å². The predicted molar refractivity (Wildman–Crippen MR) is 103 cm³/mol. The first-order valence-corrected chi connectivity index (χ1v) is 8.57. The highest BCUT2D eigenvalue weighted by Crippen LogP contribution is 2.30. The van der Waals surface area contributed by atoms with Crippen molar-refractivity contribution in [2.75, 3.05) is 17.7 Å². The van der Waals surface area contributed by atoms with Gasteiger partial charge in [-0.3, -0.25) is 0 Å². The highest BCUT2D eigenvalue weighted by atomic mass is 19.1. The Morgan fingerprint density at radius 1 is 1.40 bits per heavy atom. The standard InChI is InChI=1S/C17H18FN9O3/c1-17(2,29)8-30-13-4-10(18)11(5-12(13)27-16(28)26(3)24-25-27)22-15-21-7-9(6-19)14(20)23-15/h4-5,7,29H,8H2,1-3H3,(H3,20,21,22,23). The van der Waals surface area contributed by atoms with E-state index in [1.165, 1.54) is 33.2 Å². The summed E-state index contributed by atoms with van der Waals surface area (Å²) in [4.78, 5) is 20.1. The number of hydrogen-bond donors (Lipinski definition) is 3. The van der Waals surface area contributed by atoms with Gasteiger partial charge in [0.25, 0.3) is 0 Å². The molecule has 3 rings (SSSR count). The van der Waals surface area contributed by atoms with Crippen molar-refractivity contribution in [1.82, 2.24) is 29.8 Å². The van der Waals surface area contributed by atoms with Gasteiger partial charge in [0.05, 0.1) is 17.5 Å². The number of aryl methyl sites for hydroxylation is 1. The van der Waals surface area contributed by atoms with E-state index in [-0.39, 0.29) is 41.1 Å². The maximum atomic E-state index is 14.7. The molecule has 30 heavy (non-hydrogen) atoms. The summed E-state index contributed by atoms with van der Waals surface area (Å²) in [7, 11) is 1.40. The van der Waals surface area contributed by atoms with Gasteiger partial charge < -0.3 is 20.9 Å². The lowest BCUT2D eigenvalue weighted by atomic mass is 10.1. The van der Waals surface area contributed by atoms with Crippen molar-refractivity contribution in [3.63, 3.8) is 0 Å². The largest absolute Gasteiger partial charge is 0.488 e. The lowest BCUT2D eigenvalue weighted by molar-refractivity contribution is 0.0283. The molecule has 0 radical (unpaired) electrons. The van der Waals surface area contributed by atoms with E-state index in [9.17, 15) is 14.3 Å². The molecule has 156 valence electrons. The predicted octanol–water partition coefficient (Wildman–Crippen LogP) is 0.242. The van der Waals surface area contributed by atoms with Crippen molar-refractivity contribution in [1.29, 1.82) is 5.26 Å². The number of aliphatic hydroxyl groups is 1. The van der Waals surface area contributed by atoms with Gasteiger partial charge >= 0.3 is 5.69 Å². The number of halogens is 1. The van der Waals surface area contributed by atoms with Gasteiger partial charge in [-0.25, -0.2) is 14.2 Å². The van der Waals surface area contributed by atoms with Crippen LogP contribution in [0.1, 0.15) is 19.4 Å². The summed E-state index contributed by atoms with van der Waals surface area (Å²) < 4.78 is 22.1. The lowest BCUT2D eigenvalue weighted by Gasteiger charge is -2.20. The molecular weight excluding hydrogens is 397 g/mol. The molecule has 0 saturated heterocycles. The first-order chi connectivity index (χ1) is 14.1. The number of aromatic nitrogens is 6.